The fourth-order valence-corrected chi connectivity index (χ4v) is 4.30. The highest BCUT2D eigenvalue weighted by molar-refractivity contribution is 5.89. The Morgan fingerprint density at radius 3 is 2.26 bits per heavy atom. The summed E-state index contributed by atoms with van der Waals surface area (Å²) >= 11 is 0. The smallest absolute Gasteiger partial charge is 0.407 e. The maximum absolute atomic E-state index is 13.4. The molecule has 1 heterocycles. The number of amides is 2. The molecular formula is C23H23FN2O5. The maximum Gasteiger partial charge on any atom is 0.407 e. The van der Waals surface area contributed by atoms with Crippen molar-refractivity contribution in [1.29, 1.82) is 0 Å². The number of aliphatic carboxylic acids is 1. The molecule has 7 nitrogen and oxygen atoms in total. The average Bonchev–Trinajstić information content (AvgIpc) is 3.32. The minimum absolute atomic E-state index is 0.0457. The topological polar surface area (TPSA) is 95.9 Å². The number of nitrogens with zero attached hydrogens (tertiary/aromatic N) is 1. The van der Waals surface area contributed by atoms with E-state index in [1.807, 2.05) is 48.5 Å². The van der Waals surface area contributed by atoms with Gasteiger partial charge in [-0.1, -0.05) is 48.5 Å². The molecular weight excluding hydrogens is 403 g/mol. The van der Waals surface area contributed by atoms with Crippen molar-refractivity contribution >= 4 is 18.0 Å². The number of fused-ring (bicyclic) bond motifs is 3. The number of halogens is 1. The monoisotopic (exact) mass is 426 g/mol. The van der Waals surface area contributed by atoms with Crippen LogP contribution < -0.4 is 5.32 Å². The highest BCUT2D eigenvalue weighted by Gasteiger charge is 2.34. The van der Waals surface area contributed by atoms with E-state index in [1.54, 1.807) is 0 Å². The Kier molecular flexibility index (Phi) is 5.88. The van der Waals surface area contributed by atoms with Gasteiger partial charge in [0.2, 0.25) is 5.91 Å². The summed E-state index contributed by atoms with van der Waals surface area (Å²) in [7, 11) is 0. The van der Waals surface area contributed by atoms with Crippen molar-refractivity contribution in [3.05, 3.63) is 59.7 Å². The number of carbonyl (C=O) groups excluding carboxylic acids is 2. The van der Waals surface area contributed by atoms with Crippen LogP contribution in [0.15, 0.2) is 48.5 Å². The fourth-order valence-electron chi connectivity index (χ4n) is 4.30. The molecule has 2 N–H and O–H groups in total. The summed E-state index contributed by atoms with van der Waals surface area (Å²) in [6, 6.07) is 14.5. The first-order valence-electron chi connectivity index (χ1n) is 10.2. The third-order valence-electron chi connectivity index (χ3n) is 5.76. The lowest BCUT2D eigenvalue weighted by Crippen LogP contribution is -2.49. The molecule has 31 heavy (non-hydrogen) atoms. The zero-order valence-corrected chi connectivity index (χ0v) is 16.8. The second-order valence-corrected chi connectivity index (χ2v) is 7.79. The number of nitrogens with one attached hydrogen (secondary N) is 1. The van der Waals surface area contributed by atoms with Gasteiger partial charge in [-0.15, -0.1) is 0 Å². The number of rotatable bonds is 6. The summed E-state index contributed by atoms with van der Waals surface area (Å²) in [5.74, 6) is -2.01. The molecule has 8 heteroatoms. The van der Waals surface area contributed by atoms with Crippen LogP contribution in [0.2, 0.25) is 0 Å². The number of carboxylic acids is 1. The number of carbonyl (C=O) groups is 3. The second kappa shape index (κ2) is 8.75. The molecule has 2 aliphatic rings. The number of hydrogen-bond acceptors (Lipinski definition) is 4. The van der Waals surface area contributed by atoms with E-state index in [-0.39, 0.29) is 32.0 Å². The van der Waals surface area contributed by atoms with Crippen LogP contribution in [0.25, 0.3) is 11.1 Å². The summed E-state index contributed by atoms with van der Waals surface area (Å²) in [4.78, 5) is 37.4. The van der Waals surface area contributed by atoms with E-state index < -0.39 is 36.6 Å². The third kappa shape index (κ3) is 4.38. The van der Waals surface area contributed by atoms with Gasteiger partial charge in [0.25, 0.3) is 0 Å². The van der Waals surface area contributed by atoms with E-state index in [4.69, 9.17) is 9.84 Å². The lowest BCUT2D eigenvalue weighted by molar-refractivity contribution is -0.142. The maximum atomic E-state index is 13.4. The lowest BCUT2D eigenvalue weighted by Gasteiger charge is -2.23. The Labute approximate surface area is 178 Å². The van der Waals surface area contributed by atoms with Gasteiger partial charge in [0.1, 0.15) is 18.8 Å². The highest BCUT2D eigenvalue weighted by Crippen LogP contribution is 2.44. The predicted octanol–water partition coefficient (Wildman–Crippen LogP) is 2.94. The van der Waals surface area contributed by atoms with Crippen molar-refractivity contribution < 1.29 is 28.6 Å². The molecule has 2 atom stereocenters. The first kappa shape index (κ1) is 20.8. The number of alkyl carbamates (subject to hydrolysis) is 1. The standard InChI is InChI=1S/C23H23FN2O5/c24-14-9-10-26(12-14)22(29)20(11-21(27)28)25-23(30)31-13-19-17-7-3-1-5-15(17)16-6-2-4-8-18(16)19/h1-8,14,19-20H,9-13H2,(H,25,30)(H,27,28). The van der Waals surface area contributed by atoms with E-state index in [0.717, 1.165) is 22.3 Å². The normalized spacial score (nSPS) is 18.2. The van der Waals surface area contributed by atoms with Gasteiger partial charge < -0.3 is 20.1 Å². The van der Waals surface area contributed by atoms with Gasteiger partial charge in [0.15, 0.2) is 0 Å². The Morgan fingerprint density at radius 2 is 1.71 bits per heavy atom. The van der Waals surface area contributed by atoms with Crippen LogP contribution in [-0.4, -0.2) is 59.9 Å². The van der Waals surface area contributed by atoms with E-state index >= 15 is 0 Å². The first-order chi connectivity index (χ1) is 14.9. The van der Waals surface area contributed by atoms with Crippen LogP contribution in [0.5, 0.6) is 0 Å². The number of likely N-dealkylation sites (tertiary alicyclic amines) is 1. The molecule has 4 rings (SSSR count). The Hall–Kier alpha value is -3.42. The van der Waals surface area contributed by atoms with Crippen LogP contribution in [0.1, 0.15) is 29.9 Å². The molecule has 2 aromatic carbocycles. The molecule has 2 unspecified atom stereocenters. The molecule has 1 aliphatic heterocycles. The Balaban J connectivity index is 1.43. The van der Waals surface area contributed by atoms with Crippen molar-refractivity contribution in [3.63, 3.8) is 0 Å². The first-order valence-corrected chi connectivity index (χ1v) is 10.2. The van der Waals surface area contributed by atoms with Gasteiger partial charge in [0, 0.05) is 12.5 Å². The second-order valence-electron chi connectivity index (χ2n) is 7.79. The SMILES string of the molecule is O=C(O)CC(NC(=O)OCC1c2ccccc2-c2ccccc21)C(=O)N1CCC(F)C1. The minimum atomic E-state index is -1.31. The van der Waals surface area contributed by atoms with Crippen molar-refractivity contribution in [1.82, 2.24) is 10.2 Å². The molecule has 0 bridgehead atoms. The quantitative estimate of drug-likeness (QED) is 0.741. The molecule has 2 aromatic rings. The molecule has 0 aromatic heterocycles. The van der Waals surface area contributed by atoms with Crippen LogP contribution in [0, 0.1) is 0 Å². The van der Waals surface area contributed by atoms with Crippen LogP contribution in [-0.2, 0) is 14.3 Å². The largest absolute Gasteiger partial charge is 0.481 e. The van der Waals surface area contributed by atoms with Crippen LogP contribution >= 0.6 is 0 Å². The number of benzene rings is 2. The molecule has 1 aliphatic carbocycles. The lowest BCUT2D eigenvalue weighted by atomic mass is 9.98. The highest BCUT2D eigenvalue weighted by atomic mass is 19.1. The number of carboxylic acid groups (broad SMARTS) is 1. The predicted molar refractivity (Wildman–Crippen MR) is 110 cm³/mol. The molecule has 0 saturated carbocycles. The summed E-state index contributed by atoms with van der Waals surface area (Å²) in [6.07, 6.45) is -2.41. The number of ether oxygens (including phenoxy) is 1. The van der Waals surface area contributed by atoms with Crippen molar-refractivity contribution in [2.24, 2.45) is 0 Å². The summed E-state index contributed by atoms with van der Waals surface area (Å²) < 4.78 is 18.8. The molecule has 0 radical (unpaired) electrons. The van der Waals surface area contributed by atoms with Gasteiger partial charge in [-0.25, -0.2) is 9.18 Å². The van der Waals surface area contributed by atoms with Gasteiger partial charge in [-0.05, 0) is 28.7 Å². The molecule has 2 amide bonds. The van der Waals surface area contributed by atoms with Crippen molar-refractivity contribution in [3.8, 4) is 11.1 Å². The average molecular weight is 426 g/mol. The molecule has 1 fully saturated rings. The van der Waals surface area contributed by atoms with Gasteiger partial charge in [-0.2, -0.15) is 0 Å². The van der Waals surface area contributed by atoms with E-state index in [1.165, 1.54) is 4.90 Å². The van der Waals surface area contributed by atoms with Crippen molar-refractivity contribution in [2.75, 3.05) is 19.7 Å². The number of alkyl halides is 1. The zero-order valence-electron chi connectivity index (χ0n) is 16.8. The summed E-state index contributed by atoms with van der Waals surface area (Å²) in [5, 5.41) is 11.5. The Morgan fingerprint density at radius 1 is 1.10 bits per heavy atom. The van der Waals surface area contributed by atoms with E-state index in [2.05, 4.69) is 5.32 Å². The minimum Gasteiger partial charge on any atom is -0.481 e. The van der Waals surface area contributed by atoms with Gasteiger partial charge in [0.05, 0.1) is 13.0 Å². The van der Waals surface area contributed by atoms with Crippen LogP contribution in [0.4, 0.5) is 9.18 Å². The zero-order chi connectivity index (χ0) is 22.0. The van der Waals surface area contributed by atoms with Gasteiger partial charge in [-0.3, -0.25) is 9.59 Å². The third-order valence-corrected chi connectivity index (χ3v) is 5.76. The molecule has 1 saturated heterocycles. The summed E-state index contributed by atoms with van der Waals surface area (Å²) in [6.45, 7) is 0.147. The summed E-state index contributed by atoms with van der Waals surface area (Å²) in [5.41, 5.74) is 4.25. The molecule has 162 valence electrons. The number of hydrogen-bond donors (Lipinski definition) is 2. The van der Waals surface area contributed by atoms with E-state index in [0.29, 0.717) is 0 Å². The van der Waals surface area contributed by atoms with E-state index in [9.17, 15) is 18.8 Å². The fraction of sp³-hybridized carbons (Fsp3) is 0.348. The van der Waals surface area contributed by atoms with Gasteiger partial charge >= 0.3 is 12.1 Å². The van der Waals surface area contributed by atoms with Crippen LogP contribution in [0.3, 0.4) is 0 Å². The van der Waals surface area contributed by atoms with Crippen molar-refractivity contribution in [2.45, 2.75) is 31.0 Å². The molecule has 0 spiro atoms. The Bertz CT molecular complexity index is 965.